The molecule has 4 bridgehead atoms. The Kier molecular flexibility index (Phi) is 2.30. The number of hydrogen-bond acceptors (Lipinski definition) is 4. The van der Waals surface area contributed by atoms with Crippen LogP contribution < -0.4 is 0 Å². The first kappa shape index (κ1) is 12.0. The molecule has 5 nitrogen and oxygen atoms in total. The van der Waals surface area contributed by atoms with Crippen molar-refractivity contribution in [3.63, 3.8) is 0 Å². The lowest BCUT2D eigenvalue weighted by Crippen LogP contribution is -2.49. The summed E-state index contributed by atoms with van der Waals surface area (Å²) in [6.07, 6.45) is 7.01. The van der Waals surface area contributed by atoms with Crippen LogP contribution in [0, 0.1) is 29.1 Å². The second-order valence-electron chi connectivity index (χ2n) is 6.85. The summed E-state index contributed by atoms with van der Waals surface area (Å²) in [5.41, 5.74) is 0.674. The second-order valence-corrected chi connectivity index (χ2v) is 6.85. The molecule has 0 atom stereocenters. The summed E-state index contributed by atoms with van der Waals surface area (Å²) in [4.78, 5) is 11.1. The summed E-state index contributed by atoms with van der Waals surface area (Å²) >= 11 is 0. The van der Waals surface area contributed by atoms with Gasteiger partial charge in [0.25, 0.3) is 5.76 Å². The SMILES string of the molecule is N#Cc1c(C23CC4CC(CC(C4)C2)C3)noc1C(=O)O. The standard InChI is InChI=1S/C15H16N2O3/c16-7-11-12(14(18)19)20-17-13(11)15-4-8-1-9(5-15)3-10(2-8)6-15/h8-10H,1-6H2,(H,18,19). The van der Waals surface area contributed by atoms with Crippen molar-refractivity contribution in [1.82, 2.24) is 5.16 Å². The lowest BCUT2D eigenvalue weighted by atomic mass is 9.48. The summed E-state index contributed by atoms with van der Waals surface area (Å²) in [7, 11) is 0. The third kappa shape index (κ3) is 1.48. The lowest BCUT2D eigenvalue weighted by Gasteiger charge is -2.56. The molecule has 1 aromatic rings. The van der Waals surface area contributed by atoms with Crippen LogP contribution in [0.1, 0.15) is 60.3 Å². The van der Waals surface area contributed by atoms with Gasteiger partial charge in [-0.05, 0) is 56.3 Å². The molecule has 0 radical (unpaired) electrons. The molecule has 0 aliphatic heterocycles. The normalized spacial score (nSPS) is 37.9. The van der Waals surface area contributed by atoms with Crippen LogP contribution in [0.15, 0.2) is 4.52 Å². The van der Waals surface area contributed by atoms with Gasteiger partial charge in [-0.3, -0.25) is 0 Å². The predicted molar refractivity (Wildman–Crippen MR) is 68.0 cm³/mol. The molecular weight excluding hydrogens is 256 g/mol. The van der Waals surface area contributed by atoms with Crippen LogP contribution in [0.5, 0.6) is 0 Å². The molecule has 1 aromatic heterocycles. The Morgan fingerprint density at radius 1 is 1.25 bits per heavy atom. The zero-order valence-corrected chi connectivity index (χ0v) is 11.1. The Bertz CT molecular complexity index is 590. The maximum atomic E-state index is 11.1. The zero-order valence-electron chi connectivity index (χ0n) is 11.1. The van der Waals surface area contributed by atoms with Gasteiger partial charge >= 0.3 is 5.97 Å². The predicted octanol–water partition coefficient (Wildman–Crippen LogP) is 2.71. The fourth-order valence-electron chi connectivity index (χ4n) is 5.30. The molecule has 4 fully saturated rings. The van der Waals surface area contributed by atoms with E-state index in [-0.39, 0.29) is 16.7 Å². The van der Waals surface area contributed by atoms with Crippen molar-refractivity contribution in [3.8, 4) is 6.07 Å². The number of carboxylic acid groups (broad SMARTS) is 1. The number of aromatic carboxylic acids is 1. The van der Waals surface area contributed by atoms with Gasteiger partial charge in [-0.2, -0.15) is 5.26 Å². The minimum Gasteiger partial charge on any atom is -0.475 e. The first-order valence-electron chi connectivity index (χ1n) is 7.25. The van der Waals surface area contributed by atoms with Crippen molar-refractivity contribution in [1.29, 1.82) is 5.26 Å². The highest BCUT2D eigenvalue weighted by Gasteiger charge is 2.54. The quantitative estimate of drug-likeness (QED) is 0.894. The molecule has 4 aliphatic rings. The molecule has 4 saturated carbocycles. The average Bonchev–Trinajstić information content (AvgIpc) is 2.81. The van der Waals surface area contributed by atoms with Gasteiger partial charge in [0.2, 0.25) is 0 Å². The number of aromatic nitrogens is 1. The minimum absolute atomic E-state index is 0.100. The lowest BCUT2D eigenvalue weighted by molar-refractivity contribution is -0.00860. The van der Waals surface area contributed by atoms with Gasteiger partial charge in [-0.25, -0.2) is 4.79 Å². The van der Waals surface area contributed by atoms with Gasteiger partial charge in [0.05, 0.1) is 0 Å². The Labute approximate surface area is 116 Å². The topological polar surface area (TPSA) is 87.1 Å². The van der Waals surface area contributed by atoms with Crippen molar-refractivity contribution in [2.75, 3.05) is 0 Å². The Hall–Kier alpha value is -1.83. The van der Waals surface area contributed by atoms with Crippen molar-refractivity contribution in [2.24, 2.45) is 17.8 Å². The number of carboxylic acids is 1. The first-order chi connectivity index (χ1) is 9.61. The van der Waals surface area contributed by atoms with Gasteiger partial charge in [0, 0.05) is 5.41 Å². The summed E-state index contributed by atoms with van der Waals surface area (Å²) in [5.74, 6) is 0.664. The van der Waals surface area contributed by atoms with Crippen LogP contribution in [0.4, 0.5) is 0 Å². The number of rotatable bonds is 2. The molecule has 0 amide bonds. The average molecular weight is 272 g/mol. The van der Waals surface area contributed by atoms with Crippen LogP contribution >= 0.6 is 0 Å². The van der Waals surface area contributed by atoms with Gasteiger partial charge < -0.3 is 9.63 Å². The smallest absolute Gasteiger partial charge is 0.376 e. The summed E-state index contributed by atoms with van der Waals surface area (Å²) < 4.78 is 4.97. The Morgan fingerprint density at radius 3 is 2.25 bits per heavy atom. The molecule has 1 N–H and O–H groups in total. The highest BCUT2D eigenvalue weighted by Crippen LogP contribution is 2.60. The van der Waals surface area contributed by atoms with E-state index in [2.05, 4.69) is 5.16 Å². The molecule has 0 spiro atoms. The van der Waals surface area contributed by atoms with Crippen LogP contribution in [-0.4, -0.2) is 16.2 Å². The van der Waals surface area contributed by atoms with Crippen molar-refractivity contribution >= 4 is 5.97 Å². The van der Waals surface area contributed by atoms with Gasteiger partial charge in [-0.15, -0.1) is 0 Å². The second kappa shape index (κ2) is 3.85. The maximum absolute atomic E-state index is 11.1. The number of hydrogen-bond donors (Lipinski definition) is 1. The van der Waals surface area contributed by atoms with Crippen LogP contribution in [-0.2, 0) is 5.41 Å². The molecule has 1 heterocycles. The van der Waals surface area contributed by atoms with E-state index in [4.69, 9.17) is 9.63 Å². The van der Waals surface area contributed by atoms with Gasteiger partial charge in [0.1, 0.15) is 17.3 Å². The molecule has 4 aliphatic carbocycles. The number of nitriles is 1. The van der Waals surface area contributed by atoms with Gasteiger partial charge in [-0.1, -0.05) is 5.16 Å². The maximum Gasteiger partial charge on any atom is 0.376 e. The molecule has 5 heteroatoms. The fraction of sp³-hybridized carbons (Fsp3) is 0.667. The monoisotopic (exact) mass is 272 g/mol. The van der Waals surface area contributed by atoms with Crippen LogP contribution in [0.25, 0.3) is 0 Å². The van der Waals surface area contributed by atoms with E-state index in [1.54, 1.807) is 0 Å². The highest BCUT2D eigenvalue weighted by molar-refractivity contribution is 5.87. The Morgan fingerprint density at radius 2 is 1.80 bits per heavy atom. The molecule has 0 aromatic carbocycles. The van der Waals surface area contributed by atoms with E-state index in [9.17, 15) is 10.1 Å². The van der Waals surface area contributed by atoms with E-state index < -0.39 is 5.97 Å². The van der Waals surface area contributed by atoms with Gasteiger partial charge in [0.15, 0.2) is 0 Å². The fourth-order valence-corrected chi connectivity index (χ4v) is 5.30. The van der Waals surface area contributed by atoms with Crippen molar-refractivity contribution in [3.05, 3.63) is 17.0 Å². The third-order valence-corrected chi connectivity index (χ3v) is 5.54. The van der Waals surface area contributed by atoms with E-state index in [1.807, 2.05) is 6.07 Å². The summed E-state index contributed by atoms with van der Waals surface area (Å²) in [5, 5.41) is 22.5. The van der Waals surface area contributed by atoms with Crippen molar-refractivity contribution < 1.29 is 14.4 Å². The highest BCUT2D eigenvalue weighted by atomic mass is 16.5. The zero-order chi connectivity index (χ0) is 13.9. The van der Waals surface area contributed by atoms with E-state index in [0.29, 0.717) is 5.69 Å². The summed E-state index contributed by atoms with van der Waals surface area (Å²) in [6, 6.07) is 2.01. The number of carbonyl (C=O) groups is 1. The number of nitrogens with zero attached hydrogens (tertiary/aromatic N) is 2. The summed E-state index contributed by atoms with van der Waals surface area (Å²) in [6.45, 7) is 0. The van der Waals surface area contributed by atoms with E-state index in [0.717, 1.165) is 37.0 Å². The molecule has 0 unspecified atom stereocenters. The molecule has 20 heavy (non-hydrogen) atoms. The molecule has 5 rings (SSSR count). The third-order valence-electron chi connectivity index (χ3n) is 5.54. The molecule has 104 valence electrons. The molecule has 0 saturated heterocycles. The Balaban J connectivity index is 1.82. The van der Waals surface area contributed by atoms with Crippen LogP contribution in [0.3, 0.4) is 0 Å². The minimum atomic E-state index is -1.20. The first-order valence-corrected chi connectivity index (χ1v) is 7.25. The van der Waals surface area contributed by atoms with E-state index in [1.165, 1.54) is 19.3 Å². The van der Waals surface area contributed by atoms with Crippen molar-refractivity contribution in [2.45, 2.75) is 43.9 Å². The van der Waals surface area contributed by atoms with E-state index >= 15 is 0 Å². The molecular formula is C15H16N2O3. The van der Waals surface area contributed by atoms with Crippen LogP contribution in [0.2, 0.25) is 0 Å². The largest absolute Gasteiger partial charge is 0.475 e.